The number of hydrogen-bond acceptors (Lipinski definition) is 3. The third-order valence-electron chi connectivity index (χ3n) is 3.25. The number of anilines is 1. The van der Waals surface area contributed by atoms with E-state index < -0.39 is 0 Å². The van der Waals surface area contributed by atoms with Crippen molar-refractivity contribution in [3.63, 3.8) is 0 Å². The average Bonchev–Trinajstić information content (AvgIpc) is 2.74. The molecule has 1 heterocycles. The van der Waals surface area contributed by atoms with Gasteiger partial charge in [-0.25, -0.2) is 0 Å². The van der Waals surface area contributed by atoms with Crippen molar-refractivity contribution >= 4 is 55.2 Å². The van der Waals surface area contributed by atoms with Gasteiger partial charge in [0.05, 0.1) is 0 Å². The van der Waals surface area contributed by atoms with Crippen molar-refractivity contribution in [2.75, 3.05) is 12.4 Å². The van der Waals surface area contributed by atoms with Crippen molar-refractivity contribution in [1.29, 1.82) is 0 Å². The Hall–Kier alpha value is -0.820. The molecule has 3 rings (SSSR count). The zero-order valence-corrected chi connectivity index (χ0v) is 15.1. The molecule has 21 heavy (non-hydrogen) atoms. The maximum absolute atomic E-state index is 11.9. The standard InChI is InChI=1S/C15H12Br2N2OS/c1-18-14-10-6-11(17)13(7-12(10)19-15(14)20)21-9-4-2-3-8(16)5-9/h2-7,14,18H,1H3,(H,19,20). The maximum Gasteiger partial charge on any atom is 0.246 e. The lowest BCUT2D eigenvalue weighted by molar-refractivity contribution is -0.117. The summed E-state index contributed by atoms with van der Waals surface area (Å²) in [4.78, 5) is 14.1. The number of nitrogens with one attached hydrogen (secondary N) is 2. The van der Waals surface area contributed by atoms with Gasteiger partial charge in [-0.1, -0.05) is 33.8 Å². The molecule has 0 spiro atoms. The number of carbonyl (C=O) groups is 1. The molecule has 0 aliphatic carbocycles. The molecule has 1 atom stereocenters. The van der Waals surface area contributed by atoms with Gasteiger partial charge in [-0.05, 0) is 53.3 Å². The van der Waals surface area contributed by atoms with Crippen LogP contribution in [0.3, 0.4) is 0 Å². The predicted molar refractivity (Wildman–Crippen MR) is 92.8 cm³/mol. The highest BCUT2D eigenvalue weighted by Crippen LogP contribution is 2.41. The Morgan fingerprint density at radius 3 is 2.76 bits per heavy atom. The van der Waals surface area contributed by atoms with Crippen LogP contribution >= 0.6 is 43.6 Å². The topological polar surface area (TPSA) is 41.1 Å². The maximum atomic E-state index is 11.9. The predicted octanol–water partition coefficient (Wildman–Crippen LogP) is 4.58. The summed E-state index contributed by atoms with van der Waals surface area (Å²) in [5.41, 5.74) is 1.85. The quantitative estimate of drug-likeness (QED) is 0.753. The first-order valence-corrected chi connectivity index (χ1v) is 8.73. The van der Waals surface area contributed by atoms with Crippen LogP contribution in [0.2, 0.25) is 0 Å². The number of benzene rings is 2. The Labute approximate surface area is 144 Å². The van der Waals surface area contributed by atoms with Crippen LogP contribution in [0.1, 0.15) is 11.6 Å². The van der Waals surface area contributed by atoms with Crippen LogP contribution in [-0.4, -0.2) is 13.0 Å². The molecular weight excluding hydrogens is 416 g/mol. The van der Waals surface area contributed by atoms with Crippen molar-refractivity contribution in [3.05, 3.63) is 50.9 Å². The van der Waals surface area contributed by atoms with Gasteiger partial charge in [-0.2, -0.15) is 0 Å². The smallest absolute Gasteiger partial charge is 0.246 e. The van der Waals surface area contributed by atoms with Crippen molar-refractivity contribution in [3.8, 4) is 0 Å². The molecule has 0 saturated carbocycles. The summed E-state index contributed by atoms with van der Waals surface area (Å²) in [6, 6.07) is 11.9. The second-order valence-electron chi connectivity index (χ2n) is 4.64. The molecular formula is C15H12Br2N2OS. The Bertz CT molecular complexity index is 721. The lowest BCUT2D eigenvalue weighted by Crippen LogP contribution is -2.23. The number of carbonyl (C=O) groups excluding carboxylic acids is 1. The molecule has 0 aromatic heterocycles. The monoisotopic (exact) mass is 426 g/mol. The first kappa shape index (κ1) is 15.1. The molecule has 6 heteroatoms. The lowest BCUT2D eigenvalue weighted by Gasteiger charge is -2.10. The number of hydrogen-bond donors (Lipinski definition) is 2. The van der Waals surface area contributed by atoms with Gasteiger partial charge in [-0.3, -0.25) is 4.79 Å². The van der Waals surface area contributed by atoms with Gasteiger partial charge in [0.15, 0.2) is 0 Å². The van der Waals surface area contributed by atoms with Gasteiger partial charge < -0.3 is 10.6 Å². The van der Waals surface area contributed by atoms with E-state index in [0.717, 1.165) is 30.0 Å². The fourth-order valence-corrected chi connectivity index (χ4v) is 4.36. The Balaban J connectivity index is 1.95. The second-order valence-corrected chi connectivity index (χ2v) is 7.53. The molecule has 1 unspecified atom stereocenters. The van der Waals surface area contributed by atoms with E-state index in [9.17, 15) is 4.79 Å². The van der Waals surface area contributed by atoms with E-state index in [0.29, 0.717) is 0 Å². The number of amides is 1. The second kappa shape index (κ2) is 6.12. The molecule has 0 bridgehead atoms. The van der Waals surface area contributed by atoms with E-state index >= 15 is 0 Å². The number of rotatable bonds is 3. The lowest BCUT2D eigenvalue weighted by atomic mass is 10.1. The van der Waals surface area contributed by atoms with Gasteiger partial charge in [0.1, 0.15) is 6.04 Å². The molecule has 3 nitrogen and oxygen atoms in total. The number of likely N-dealkylation sites (N-methyl/N-ethyl adjacent to an activating group) is 1. The van der Waals surface area contributed by atoms with Gasteiger partial charge in [0, 0.05) is 30.0 Å². The Morgan fingerprint density at radius 2 is 2.05 bits per heavy atom. The summed E-state index contributed by atoms with van der Waals surface area (Å²) in [6.07, 6.45) is 0. The van der Waals surface area contributed by atoms with E-state index in [-0.39, 0.29) is 11.9 Å². The number of halogens is 2. The SMILES string of the molecule is CNC1C(=O)Nc2cc(Sc3cccc(Br)c3)c(Br)cc21. The van der Waals surface area contributed by atoms with Crippen molar-refractivity contribution in [1.82, 2.24) is 5.32 Å². The van der Waals surface area contributed by atoms with E-state index in [4.69, 9.17) is 0 Å². The van der Waals surface area contributed by atoms with E-state index in [1.54, 1.807) is 18.8 Å². The molecule has 2 N–H and O–H groups in total. The third-order valence-corrected chi connectivity index (χ3v) is 5.71. The molecule has 1 aliphatic heterocycles. The summed E-state index contributed by atoms with van der Waals surface area (Å²) in [6.45, 7) is 0. The van der Waals surface area contributed by atoms with Gasteiger partial charge >= 0.3 is 0 Å². The summed E-state index contributed by atoms with van der Waals surface area (Å²) < 4.78 is 2.04. The minimum atomic E-state index is -0.277. The highest BCUT2D eigenvalue weighted by Gasteiger charge is 2.30. The molecule has 1 amide bonds. The first-order valence-electron chi connectivity index (χ1n) is 6.33. The fourth-order valence-electron chi connectivity index (χ4n) is 2.28. The van der Waals surface area contributed by atoms with Crippen molar-refractivity contribution < 1.29 is 4.79 Å². The summed E-state index contributed by atoms with van der Waals surface area (Å²) in [5.74, 6) is -0.0102. The van der Waals surface area contributed by atoms with Crippen LogP contribution in [-0.2, 0) is 4.79 Å². The first-order chi connectivity index (χ1) is 10.1. The molecule has 1 aliphatic rings. The zero-order valence-electron chi connectivity index (χ0n) is 11.1. The van der Waals surface area contributed by atoms with Crippen LogP contribution in [0, 0.1) is 0 Å². The van der Waals surface area contributed by atoms with Crippen molar-refractivity contribution in [2.45, 2.75) is 15.8 Å². The molecule has 108 valence electrons. The molecule has 0 saturated heterocycles. The third kappa shape index (κ3) is 3.04. The van der Waals surface area contributed by atoms with Crippen LogP contribution in [0.5, 0.6) is 0 Å². The molecule has 0 fully saturated rings. The largest absolute Gasteiger partial charge is 0.324 e. The van der Waals surface area contributed by atoms with Crippen LogP contribution < -0.4 is 10.6 Å². The van der Waals surface area contributed by atoms with Gasteiger partial charge in [0.2, 0.25) is 5.91 Å². The minimum Gasteiger partial charge on any atom is -0.324 e. The average molecular weight is 428 g/mol. The summed E-state index contributed by atoms with van der Waals surface area (Å²) in [7, 11) is 1.79. The highest BCUT2D eigenvalue weighted by atomic mass is 79.9. The van der Waals surface area contributed by atoms with E-state index in [1.807, 2.05) is 24.3 Å². The zero-order chi connectivity index (χ0) is 15.0. The molecule has 2 aromatic carbocycles. The van der Waals surface area contributed by atoms with Crippen LogP contribution in [0.4, 0.5) is 5.69 Å². The molecule has 0 radical (unpaired) electrons. The van der Waals surface area contributed by atoms with Crippen LogP contribution in [0.15, 0.2) is 55.1 Å². The number of fused-ring (bicyclic) bond motifs is 1. The highest BCUT2D eigenvalue weighted by molar-refractivity contribution is 9.10. The van der Waals surface area contributed by atoms with Gasteiger partial charge in [0.25, 0.3) is 0 Å². The normalized spacial score (nSPS) is 16.7. The van der Waals surface area contributed by atoms with E-state index in [1.165, 1.54) is 0 Å². The minimum absolute atomic E-state index is 0.0102. The summed E-state index contributed by atoms with van der Waals surface area (Å²) >= 11 is 8.74. The van der Waals surface area contributed by atoms with Crippen molar-refractivity contribution in [2.24, 2.45) is 0 Å². The van der Waals surface area contributed by atoms with Gasteiger partial charge in [-0.15, -0.1) is 0 Å². The van der Waals surface area contributed by atoms with E-state index in [2.05, 4.69) is 54.6 Å². The van der Waals surface area contributed by atoms with Crippen LogP contribution in [0.25, 0.3) is 0 Å². The summed E-state index contributed by atoms with van der Waals surface area (Å²) in [5, 5.41) is 5.95. The Morgan fingerprint density at radius 1 is 1.24 bits per heavy atom. The fraction of sp³-hybridized carbons (Fsp3) is 0.133. The molecule has 2 aromatic rings. The Kier molecular flexibility index (Phi) is 4.40.